The molecule has 0 saturated carbocycles. The van der Waals surface area contributed by atoms with Crippen molar-refractivity contribution in [1.82, 2.24) is 0 Å². The van der Waals surface area contributed by atoms with Gasteiger partial charge in [0.25, 0.3) is 0 Å². The van der Waals surface area contributed by atoms with Gasteiger partial charge in [-0.15, -0.1) is 20.7 Å². The summed E-state index contributed by atoms with van der Waals surface area (Å²) in [5.74, 6) is 0. The molecule has 0 N–H and O–H groups in total. The van der Waals surface area contributed by atoms with Crippen LogP contribution in [0.1, 0.15) is 6.92 Å². The molecule has 0 aliphatic heterocycles. The minimum atomic E-state index is -0.0650. The summed E-state index contributed by atoms with van der Waals surface area (Å²) in [4.78, 5) is 4.09. The Labute approximate surface area is 134 Å². The van der Waals surface area contributed by atoms with Gasteiger partial charge in [0, 0.05) is 0 Å². The van der Waals surface area contributed by atoms with Gasteiger partial charge in [-0.1, -0.05) is 40.9 Å². The van der Waals surface area contributed by atoms with Gasteiger partial charge in [-0.2, -0.15) is 0 Å². The molecule has 0 nitrogen and oxygen atoms in total. The monoisotopic (exact) mass is 393 g/mol. The van der Waals surface area contributed by atoms with E-state index in [0.29, 0.717) is 0 Å². The van der Waals surface area contributed by atoms with Gasteiger partial charge in [0.15, 0.2) is 14.7 Å². The second-order valence-electron chi connectivity index (χ2n) is 4.07. The van der Waals surface area contributed by atoms with Crippen molar-refractivity contribution in [3.05, 3.63) is 81.8 Å². The third-order valence-electron chi connectivity index (χ3n) is 2.79. The Morgan fingerprint density at radius 2 is 1.45 bits per heavy atom. The smallest absolute Gasteiger partial charge is 0.102 e. The van der Waals surface area contributed by atoms with Gasteiger partial charge < -0.3 is 0 Å². The average Bonchev–Trinajstić information content (AvgIpc) is 2.53. The highest BCUT2D eigenvalue weighted by molar-refractivity contribution is 14.2. The molecule has 0 spiro atoms. The van der Waals surface area contributed by atoms with Crippen LogP contribution in [0.2, 0.25) is 0 Å². The molecule has 0 aromatic heterocycles. The summed E-state index contributed by atoms with van der Waals surface area (Å²) in [5, 5.41) is 0. The summed E-state index contributed by atoms with van der Waals surface area (Å²) in [7, 11) is -0.0264. The first-order valence-corrected chi connectivity index (χ1v) is 10.4. The van der Waals surface area contributed by atoms with Crippen LogP contribution in [-0.2, 0) is 10.9 Å². The molecular formula is C18H18IS+. The molecule has 102 valence electrons. The molecule has 2 rings (SSSR count). The number of hydrogen-bond donors (Lipinski definition) is 0. The third kappa shape index (κ3) is 3.93. The summed E-state index contributed by atoms with van der Waals surface area (Å²) >= 11 is -0.0650. The Kier molecular flexibility index (Phi) is 6.27. The lowest BCUT2D eigenvalue weighted by Gasteiger charge is -2.08. The lowest BCUT2D eigenvalue weighted by molar-refractivity contribution is 1.38. The zero-order valence-electron chi connectivity index (χ0n) is 11.5. The number of allylic oxidation sites excluding steroid dienone is 2. The van der Waals surface area contributed by atoms with E-state index < -0.39 is 0 Å². The summed E-state index contributed by atoms with van der Waals surface area (Å²) in [6.45, 7) is 2.12. The standard InChI is InChI=1S/C18H18IS/c1-3-16(14-15-19-2)20(17-10-6-4-7-11-17)18-12-8-5-9-13-18/h3-15H,2H2,1H3/q+1/b15-14-,16-3+. The molecule has 0 atom stereocenters. The van der Waals surface area contributed by atoms with Crippen LogP contribution in [-0.4, -0.2) is 4.51 Å². The molecule has 0 aliphatic rings. The predicted octanol–water partition coefficient (Wildman–Crippen LogP) is 5.54. The van der Waals surface area contributed by atoms with E-state index in [1.165, 1.54) is 14.7 Å². The fourth-order valence-electron chi connectivity index (χ4n) is 1.91. The van der Waals surface area contributed by atoms with Crippen molar-refractivity contribution >= 4 is 36.1 Å². The molecule has 2 heteroatoms. The number of halogens is 1. The van der Waals surface area contributed by atoms with Crippen LogP contribution < -0.4 is 0 Å². The van der Waals surface area contributed by atoms with Gasteiger partial charge in [0.2, 0.25) is 0 Å². The van der Waals surface area contributed by atoms with E-state index in [1.807, 2.05) is 0 Å². The highest BCUT2D eigenvalue weighted by atomic mass is 127. The molecule has 0 aliphatic carbocycles. The van der Waals surface area contributed by atoms with Gasteiger partial charge in [-0.25, -0.2) is 0 Å². The lowest BCUT2D eigenvalue weighted by Crippen LogP contribution is -2.05. The van der Waals surface area contributed by atoms with Gasteiger partial charge >= 0.3 is 0 Å². The topological polar surface area (TPSA) is 0 Å². The first-order valence-electron chi connectivity index (χ1n) is 6.41. The minimum absolute atomic E-state index is 0.0264. The van der Waals surface area contributed by atoms with E-state index in [4.69, 9.17) is 0 Å². The van der Waals surface area contributed by atoms with E-state index in [0.717, 1.165) is 0 Å². The van der Waals surface area contributed by atoms with Crippen LogP contribution in [0.25, 0.3) is 0 Å². The van der Waals surface area contributed by atoms with Gasteiger partial charge in [0.1, 0.15) is 0 Å². The fraction of sp³-hybridized carbons (Fsp3) is 0.0556. The van der Waals surface area contributed by atoms with Gasteiger partial charge in [0.05, 0.1) is 10.9 Å². The number of rotatable bonds is 5. The molecular weight excluding hydrogens is 375 g/mol. The van der Waals surface area contributed by atoms with Gasteiger partial charge in [-0.3, -0.25) is 0 Å². The maximum absolute atomic E-state index is 4.00. The molecule has 0 unspecified atom stereocenters. The largest absolute Gasteiger partial charge is 0.166 e. The van der Waals surface area contributed by atoms with Crippen LogP contribution in [0, 0.1) is 0 Å². The molecule has 0 bridgehead atoms. The van der Waals surface area contributed by atoms with Crippen molar-refractivity contribution in [2.24, 2.45) is 0 Å². The molecule has 0 saturated heterocycles. The highest BCUT2D eigenvalue weighted by Gasteiger charge is 2.28. The lowest BCUT2D eigenvalue weighted by atomic mass is 10.4. The van der Waals surface area contributed by atoms with Crippen molar-refractivity contribution in [3.8, 4) is 0 Å². The number of hydrogen-bond acceptors (Lipinski definition) is 0. The fourth-order valence-corrected chi connectivity index (χ4v) is 4.91. The minimum Gasteiger partial charge on any atom is -0.102 e. The van der Waals surface area contributed by atoms with E-state index in [2.05, 4.69) is 88.3 Å². The Hall–Kier alpha value is -1.13. The van der Waals surface area contributed by atoms with Crippen molar-refractivity contribution in [2.75, 3.05) is 0 Å². The number of benzene rings is 2. The average molecular weight is 393 g/mol. The summed E-state index contributed by atoms with van der Waals surface area (Å²) < 4.78 is 6.23. The third-order valence-corrected chi connectivity index (χ3v) is 5.99. The SMILES string of the molecule is C=I/C=C\C(=C/C)[S+](c1ccccc1)c1ccccc1. The van der Waals surface area contributed by atoms with Crippen LogP contribution in [0.15, 0.2) is 91.6 Å². The first-order chi connectivity index (χ1) is 9.86. The highest BCUT2D eigenvalue weighted by Crippen LogP contribution is 2.31. The maximum atomic E-state index is 4.00. The molecule has 0 radical (unpaired) electrons. The second-order valence-corrected chi connectivity index (χ2v) is 7.70. The molecule has 2 aromatic rings. The van der Waals surface area contributed by atoms with Crippen LogP contribution in [0.4, 0.5) is 0 Å². The Bertz CT molecular complexity index is 560. The Morgan fingerprint density at radius 1 is 0.950 bits per heavy atom. The predicted molar refractivity (Wildman–Crippen MR) is 101 cm³/mol. The van der Waals surface area contributed by atoms with E-state index in [1.54, 1.807) is 0 Å². The van der Waals surface area contributed by atoms with Crippen LogP contribution in [0.5, 0.6) is 0 Å². The first kappa shape index (κ1) is 15.3. The van der Waals surface area contributed by atoms with Crippen LogP contribution in [0.3, 0.4) is 0 Å². The Balaban J connectivity index is 2.50. The van der Waals surface area contributed by atoms with E-state index in [9.17, 15) is 0 Å². The summed E-state index contributed by atoms with van der Waals surface area (Å²) in [6, 6.07) is 21.5. The summed E-state index contributed by atoms with van der Waals surface area (Å²) in [5.41, 5.74) is 0. The zero-order valence-corrected chi connectivity index (χ0v) is 14.5. The quantitative estimate of drug-likeness (QED) is 0.355. The van der Waals surface area contributed by atoms with Crippen molar-refractivity contribution in [2.45, 2.75) is 16.7 Å². The van der Waals surface area contributed by atoms with E-state index >= 15 is 0 Å². The van der Waals surface area contributed by atoms with Crippen molar-refractivity contribution in [1.29, 1.82) is 0 Å². The maximum Gasteiger partial charge on any atom is 0.166 e. The molecule has 0 amide bonds. The second kappa shape index (κ2) is 8.22. The van der Waals surface area contributed by atoms with E-state index in [-0.39, 0.29) is 31.6 Å². The van der Waals surface area contributed by atoms with Crippen molar-refractivity contribution in [3.63, 3.8) is 0 Å². The Morgan fingerprint density at radius 3 is 1.85 bits per heavy atom. The van der Waals surface area contributed by atoms with Gasteiger partial charge in [-0.05, 0) is 47.4 Å². The molecule has 20 heavy (non-hydrogen) atoms. The molecule has 2 aromatic carbocycles. The van der Waals surface area contributed by atoms with Crippen LogP contribution >= 0.6 is 20.7 Å². The normalized spacial score (nSPS) is 12.2. The molecule has 0 heterocycles. The molecule has 0 fully saturated rings. The zero-order chi connectivity index (χ0) is 14.2. The summed E-state index contributed by atoms with van der Waals surface area (Å²) in [6.07, 6.45) is 4.47. The van der Waals surface area contributed by atoms with Crippen molar-refractivity contribution < 1.29 is 0 Å².